The van der Waals surface area contributed by atoms with Crippen LogP contribution >= 0.6 is 0 Å². The van der Waals surface area contributed by atoms with E-state index in [-0.39, 0.29) is 0 Å². The van der Waals surface area contributed by atoms with Crippen molar-refractivity contribution < 1.29 is 0 Å². The zero-order valence-electron chi connectivity index (χ0n) is 6.39. The molecular weight excluding hydrogens is 112 g/mol. The van der Waals surface area contributed by atoms with Gasteiger partial charge in [-0.05, 0) is 20.6 Å². The van der Waals surface area contributed by atoms with E-state index in [0.29, 0.717) is 0 Å². The summed E-state index contributed by atoms with van der Waals surface area (Å²) in [4.78, 5) is 5.76. The van der Waals surface area contributed by atoms with Crippen LogP contribution in [0.25, 0.3) is 0 Å². The molecule has 0 saturated heterocycles. The Bertz CT molecular complexity index is 116. The summed E-state index contributed by atoms with van der Waals surface area (Å²) in [6, 6.07) is 0. The Hall–Kier alpha value is -0.790. The lowest BCUT2D eigenvalue weighted by Gasteiger charge is -2.15. The fourth-order valence-electron chi connectivity index (χ4n) is 0.480. The minimum absolute atomic E-state index is 1.01. The monoisotopic (exact) mass is 126 g/mol. The molecule has 0 spiro atoms. The van der Waals surface area contributed by atoms with Gasteiger partial charge in [0, 0.05) is 25.5 Å². The van der Waals surface area contributed by atoms with Gasteiger partial charge in [-0.1, -0.05) is 0 Å². The van der Waals surface area contributed by atoms with Gasteiger partial charge in [0.15, 0.2) is 0 Å². The molecule has 0 heterocycles. The quantitative estimate of drug-likeness (QED) is 0.523. The van der Waals surface area contributed by atoms with Gasteiger partial charge in [-0.3, -0.25) is 4.99 Å². The molecule has 0 radical (unpaired) electrons. The average Bonchev–Trinajstić information content (AvgIpc) is 1.87. The summed E-state index contributed by atoms with van der Waals surface area (Å²) in [5.41, 5.74) is 1.15. The number of hydrogen-bond acceptors (Lipinski definition) is 2. The minimum atomic E-state index is 1.01. The van der Waals surface area contributed by atoms with Crippen molar-refractivity contribution in [2.45, 2.75) is 13.8 Å². The first-order chi connectivity index (χ1) is 4.22. The third kappa shape index (κ3) is 2.90. The number of allylic oxidation sites excluding steroid dienone is 1. The first-order valence-electron chi connectivity index (χ1n) is 3.06. The molecule has 0 rings (SSSR count). The summed E-state index contributed by atoms with van der Waals surface area (Å²) in [7, 11) is 2.02. The van der Waals surface area contributed by atoms with Crippen LogP contribution in [0.4, 0.5) is 0 Å². The Labute approximate surface area is 56.9 Å². The summed E-state index contributed by atoms with van der Waals surface area (Å²) in [5, 5.41) is 0. The average molecular weight is 126 g/mol. The maximum Gasteiger partial charge on any atom is 0.0449 e. The molecule has 0 N–H and O–H groups in total. The molecule has 0 unspecified atom stereocenters. The van der Waals surface area contributed by atoms with Gasteiger partial charge >= 0.3 is 0 Å². The maximum absolute atomic E-state index is 3.65. The van der Waals surface area contributed by atoms with E-state index in [1.807, 2.05) is 14.0 Å². The van der Waals surface area contributed by atoms with Crippen LogP contribution in [-0.4, -0.2) is 25.2 Å². The highest BCUT2D eigenvalue weighted by Crippen LogP contribution is 1.97. The second kappa shape index (κ2) is 4.13. The number of hydrogen-bond donors (Lipinski definition) is 0. The molecule has 0 aromatic heterocycles. The van der Waals surface area contributed by atoms with E-state index >= 15 is 0 Å². The zero-order valence-corrected chi connectivity index (χ0v) is 6.39. The topological polar surface area (TPSA) is 15.6 Å². The normalized spacial score (nSPS) is 11.2. The second-order valence-corrected chi connectivity index (χ2v) is 1.97. The predicted molar refractivity (Wildman–Crippen MR) is 41.6 cm³/mol. The highest BCUT2D eigenvalue weighted by atomic mass is 15.1. The van der Waals surface area contributed by atoms with Gasteiger partial charge in [0.1, 0.15) is 0 Å². The van der Waals surface area contributed by atoms with Crippen LogP contribution in [-0.2, 0) is 0 Å². The SMILES string of the molecule is C=N/C=C(/C)N(C)CC. The molecule has 0 aliphatic heterocycles. The maximum atomic E-state index is 3.65. The fraction of sp³-hybridized carbons (Fsp3) is 0.571. The van der Waals surface area contributed by atoms with Crippen LogP contribution in [0.15, 0.2) is 16.9 Å². The van der Waals surface area contributed by atoms with Gasteiger partial charge in [-0.2, -0.15) is 0 Å². The van der Waals surface area contributed by atoms with Crippen molar-refractivity contribution in [2.24, 2.45) is 4.99 Å². The van der Waals surface area contributed by atoms with E-state index in [4.69, 9.17) is 0 Å². The molecule has 0 aliphatic rings. The Morgan fingerprint density at radius 3 is 2.67 bits per heavy atom. The second-order valence-electron chi connectivity index (χ2n) is 1.97. The van der Waals surface area contributed by atoms with Crippen molar-refractivity contribution in [2.75, 3.05) is 13.6 Å². The summed E-state index contributed by atoms with van der Waals surface area (Å²) < 4.78 is 0. The Kier molecular flexibility index (Phi) is 3.76. The molecule has 0 saturated carbocycles. The standard InChI is InChI=1S/C7H14N2/c1-5-9(4)7(2)6-8-3/h6H,3,5H2,1-2,4H3/b7-6-. The number of aliphatic imine (C=N–C) groups is 1. The molecule has 0 atom stereocenters. The number of rotatable bonds is 3. The number of nitrogens with zero attached hydrogens (tertiary/aromatic N) is 2. The lowest BCUT2D eigenvalue weighted by Crippen LogP contribution is -2.14. The van der Waals surface area contributed by atoms with Crippen LogP contribution in [0, 0.1) is 0 Å². The molecule has 2 heteroatoms. The van der Waals surface area contributed by atoms with E-state index < -0.39 is 0 Å². The van der Waals surface area contributed by atoms with Crippen molar-refractivity contribution in [1.82, 2.24) is 4.90 Å². The van der Waals surface area contributed by atoms with E-state index in [0.717, 1.165) is 12.2 Å². The van der Waals surface area contributed by atoms with E-state index in [2.05, 4.69) is 23.5 Å². The van der Waals surface area contributed by atoms with E-state index in [1.54, 1.807) is 6.20 Å². The lowest BCUT2D eigenvalue weighted by molar-refractivity contribution is 0.442. The van der Waals surface area contributed by atoms with Crippen LogP contribution in [0.2, 0.25) is 0 Å². The van der Waals surface area contributed by atoms with Crippen LogP contribution in [0.1, 0.15) is 13.8 Å². The smallest absolute Gasteiger partial charge is 0.0449 e. The summed E-state index contributed by atoms with van der Waals surface area (Å²) in [6.45, 7) is 8.49. The van der Waals surface area contributed by atoms with Crippen molar-refractivity contribution in [1.29, 1.82) is 0 Å². The Morgan fingerprint density at radius 2 is 2.33 bits per heavy atom. The molecular formula is C7H14N2. The third-order valence-corrected chi connectivity index (χ3v) is 1.35. The van der Waals surface area contributed by atoms with Crippen molar-refractivity contribution in [3.63, 3.8) is 0 Å². The fourth-order valence-corrected chi connectivity index (χ4v) is 0.480. The van der Waals surface area contributed by atoms with Gasteiger partial charge in [0.2, 0.25) is 0 Å². The predicted octanol–water partition coefficient (Wildman–Crippen LogP) is 1.50. The highest BCUT2D eigenvalue weighted by molar-refractivity contribution is 5.26. The molecule has 0 aliphatic carbocycles. The van der Waals surface area contributed by atoms with Gasteiger partial charge < -0.3 is 4.90 Å². The Morgan fingerprint density at radius 1 is 1.78 bits per heavy atom. The van der Waals surface area contributed by atoms with Crippen molar-refractivity contribution in [3.8, 4) is 0 Å². The molecule has 0 bridgehead atoms. The van der Waals surface area contributed by atoms with Gasteiger partial charge in [0.05, 0.1) is 0 Å². The zero-order chi connectivity index (χ0) is 7.28. The van der Waals surface area contributed by atoms with Crippen LogP contribution in [0.3, 0.4) is 0 Å². The first kappa shape index (κ1) is 8.21. The van der Waals surface area contributed by atoms with Crippen LogP contribution < -0.4 is 0 Å². The molecule has 0 amide bonds. The molecule has 0 aromatic carbocycles. The summed E-state index contributed by atoms with van der Waals surface area (Å²) in [5.74, 6) is 0. The van der Waals surface area contributed by atoms with Crippen molar-refractivity contribution >= 4 is 6.72 Å². The van der Waals surface area contributed by atoms with Gasteiger partial charge in [-0.15, -0.1) is 0 Å². The molecule has 2 nitrogen and oxygen atoms in total. The molecule has 9 heavy (non-hydrogen) atoms. The van der Waals surface area contributed by atoms with Gasteiger partial charge in [-0.25, -0.2) is 0 Å². The Balaban J connectivity index is 3.84. The molecule has 0 fully saturated rings. The van der Waals surface area contributed by atoms with E-state index in [9.17, 15) is 0 Å². The third-order valence-electron chi connectivity index (χ3n) is 1.35. The van der Waals surface area contributed by atoms with E-state index in [1.165, 1.54) is 0 Å². The van der Waals surface area contributed by atoms with Crippen molar-refractivity contribution in [3.05, 3.63) is 11.9 Å². The van der Waals surface area contributed by atoms with Gasteiger partial charge in [0.25, 0.3) is 0 Å². The largest absolute Gasteiger partial charge is 0.377 e. The van der Waals surface area contributed by atoms with Crippen LogP contribution in [0.5, 0.6) is 0 Å². The lowest BCUT2D eigenvalue weighted by atomic mass is 10.4. The summed E-state index contributed by atoms with van der Waals surface area (Å²) in [6.07, 6.45) is 1.75. The highest BCUT2D eigenvalue weighted by Gasteiger charge is 1.91. The minimum Gasteiger partial charge on any atom is -0.377 e. The first-order valence-corrected chi connectivity index (χ1v) is 3.06. The molecule has 0 aromatic rings. The summed E-state index contributed by atoms with van der Waals surface area (Å²) >= 11 is 0. The molecule has 52 valence electrons.